The van der Waals surface area contributed by atoms with Crippen molar-refractivity contribution in [2.24, 2.45) is 5.92 Å². The van der Waals surface area contributed by atoms with Gasteiger partial charge in [-0.15, -0.1) is 0 Å². The normalized spacial score (nSPS) is 25.2. The average Bonchev–Trinajstić information content (AvgIpc) is 3.30. The maximum atomic E-state index is 12.3. The number of hydrogen-bond donors (Lipinski definition) is 0. The van der Waals surface area contributed by atoms with Crippen LogP contribution in [-0.2, 0) is 27.4 Å². The number of hydrogen-bond acceptors (Lipinski definition) is 4. The molecular weight excluding hydrogens is 330 g/mol. The van der Waals surface area contributed by atoms with E-state index in [4.69, 9.17) is 9.47 Å². The Balaban J connectivity index is 1.36. The van der Waals surface area contributed by atoms with Crippen molar-refractivity contribution < 1.29 is 14.3 Å². The number of aromatic nitrogens is 1. The lowest BCUT2D eigenvalue weighted by atomic mass is 9.99. The molecular formula is C20H31N3O3. The Labute approximate surface area is 156 Å². The Morgan fingerprint density at radius 1 is 1.19 bits per heavy atom. The van der Waals surface area contributed by atoms with E-state index >= 15 is 0 Å². The molecule has 0 radical (unpaired) electrons. The summed E-state index contributed by atoms with van der Waals surface area (Å²) < 4.78 is 13.9. The van der Waals surface area contributed by atoms with Crippen LogP contribution in [0.15, 0.2) is 18.3 Å². The molecule has 4 rings (SSSR count). The molecule has 0 bridgehead atoms. The highest BCUT2D eigenvalue weighted by Crippen LogP contribution is 2.21. The second kappa shape index (κ2) is 8.55. The molecule has 3 aliphatic heterocycles. The maximum absolute atomic E-state index is 12.3. The molecule has 2 saturated heterocycles. The van der Waals surface area contributed by atoms with Crippen LogP contribution in [0.1, 0.15) is 31.4 Å². The van der Waals surface area contributed by atoms with Gasteiger partial charge in [0.1, 0.15) is 6.61 Å². The lowest BCUT2D eigenvalue weighted by Crippen LogP contribution is -2.39. The molecule has 26 heavy (non-hydrogen) atoms. The smallest absolute Gasteiger partial charge is 0.248 e. The first-order valence-corrected chi connectivity index (χ1v) is 10.1. The maximum Gasteiger partial charge on any atom is 0.248 e. The van der Waals surface area contributed by atoms with Crippen LogP contribution in [0.5, 0.6) is 0 Å². The summed E-state index contributed by atoms with van der Waals surface area (Å²) in [6.07, 6.45) is 6.75. The van der Waals surface area contributed by atoms with Crippen LogP contribution in [0.4, 0.5) is 0 Å². The van der Waals surface area contributed by atoms with E-state index < -0.39 is 0 Å². The van der Waals surface area contributed by atoms with Gasteiger partial charge < -0.3 is 18.9 Å². The highest BCUT2D eigenvalue weighted by atomic mass is 16.5. The van der Waals surface area contributed by atoms with Gasteiger partial charge in [0.05, 0.1) is 6.10 Å². The van der Waals surface area contributed by atoms with Crippen LogP contribution < -0.4 is 0 Å². The quantitative estimate of drug-likeness (QED) is 0.802. The zero-order chi connectivity index (χ0) is 17.8. The van der Waals surface area contributed by atoms with Crippen molar-refractivity contribution in [3.05, 3.63) is 24.0 Å². The third kappa shape index (κ3) is 4.48. The second-order valence-electron chi connectivity index (χ2n) is 7.92. The first kappa shape index (κ1) is 18.0. The van der Waals surface area contributed by atoms with E-state index in [0.29, 0.717) is 5.92 Å². The van der Waals surface area contributed by atoms with Crippen LogP contribution >= 0.6 is 0 Å². The first-order chi connectivity index (χ1) is 12.8. The third-order valence-electron chi connectivity index (χ3n) is 5.93. The molecule has 144 valence electrons. The molecule has 0 aromatic carbocycles. The highest BCUT2D eigenvalue weighted by Gasteiger charge is 2.26. The Morgan fingerprint density at radius 3 is 2.81 bits per heavy atom. The number of rotatable bonds is 5. The number of carbonyl (C=O) groups excluding carboxylic acids is 1. The minimum Gasteiger partial charge on any atom is -0.381 e. The van der Waals surface area contributed by atoms with Crippen LogP contribution in [-0.4, -0.2) is 72.4 Å². The highest BCUT2D eigenvalue weighted by molar-refractivity contribution is 5.77. The van der Waals surface area contributed by atoms with E-state index in [1.807, 2.05) is 4.90 Å². The Hall–Kier alpha value is -1.37. The molecule has 2 fully saturated rings. The third-order valence-corrected chi connectivity index (χ3v) is 5.93. The molecule has 0 N–H and O–H groups in total. The predicted octanol–water partition coefficient (Wildman–Crippen LogP) is 1.74. The molecule has 0 aliphatic carbocycles. The minimum atomic E-state index is 0.0649. The molecule has 4 heterocycles. The van der Waals surface area contributed by atoms with Gasteiger partial charge in [0.25, 0.3) is 0 Å². The molecule has 0 saturated carbocycles. The van der Waals surface area contributed by atoms with Crippen LogP contribution in [0.2, 0.25) is 0 Å². The summed E-state index contributed by atoms with van der Waals surface area (Å²) in [5.41, 5.74) is 1.34. The van der Waals surface area contributed by atoms with Crippen molar-refractivity contribution in [1.82, 2.24) is 14.4 Å². The van der Waals surface area contributed by atoms with Crippen LogP contribution in [0, 0.1) is 5.92 Å². The molecule has 1 atom stereocenters. The van der Waals surface area contributed by atoms with Gasteiger partial charge in [-0.1, -0.05) is 0 Å². The molecule has 6 nitrogen and oxygen atoms in total. The SMILES string of the molecule is O=C(CO[C@H]1CN(CC2CCOCC2)Cc2cccn2C1)N1CCCC1. The Morgan fingerprint density at radius 2 is 2.00 bits per heavy atom. The van der Waals surface area contributed by atoms with Crippen molar-refractivity contribution >= 4 is 5.91 Å². The van der Waals surface area contributed by atoms with E-state index in [1.165, 1.54) is 5.69 Å². The fourth-order valence-corrected chi connectivity index (χ4v) is 4.42. The Kier molecular flexibility index (Phi) is 5.92. The largest absolute Gasteiger partial charge is 0.381 e. The van der Waals surface area contributed by atoms with E-state index in [2.05, 4.69) is 27.8 Å². The molecule has 1 aromatic heterocycles. The Bertz CT molecular complexity index is 591. The molecule has 1 amide bonds. The van der Waals surface area contributed by atoms with Gasteiger partial charge in [-0.05, 0) is 43.7 Å². The summed E-state index contributed by atoms with van der Waals surface area (Å²) in [5, 5.41) is 0. The number of fused-ring (bicyclic) bond motifs is 1. The average molecular weight is 361 g/mol. The van der Waals surface area contributed by atoms with E-state index in [1.54, 1.807) is 0 Å². The zero-order valence-electron chi connectivity index (χ0n) is 15.6. The van der Waals surface area contributed by atoms with Gasteiger partial charge in [0.15, 0.2) is 0 Å². The van der Waals surface area contributed by atoms with E-state index in [0.717, 1.165) is 78.2 Å². The second-order valence-corrected chi connectivity index (χ2v) is 7.92. The molecule has 1 aromatic rings. The van der Waals surface area contributed by atoms with Crippen LogP contribution in [0.3, 0.4) is 0 Å². The van der Waals surface area contributed by atoms with Crippen molar-refractivity contribution in [3.8, 4) is 0 Å². The number of nitrogens with zero attached hydrogens (tertiary/aromatic N) is 3. The molecule has 0 unspecified atom stereocenters. The summed E-state index contributed by atoms with van der Waals surface area (Å²) in [7, 11) is 0. The molecule has 3 aliphatic rings. The fraction of sp³-hybridized carbons (Fsp3) is 0.750. The van der Waals surface area contributed by atoms with Crippen molar-refractivity contribution in [1.29, 1.82) is 0 Å². The number of ether oxygens (including phenoxy) is 2. The number of amides is 1. The molecule has 6 heteroatoms. The predicted molar refractivity (Wildman–Crippen MR) is 98.8 cm³/mol. The summed E-state index contributed by atoms with van der Waals surface area (Å²) in [6.45, 7) is 7.56. The summed E-state index contributed by atoms with van der Waals surface area (Å²) in [4.78, 5) is 16.8. The summed E-state index contributed by atoms with van der Waals surface area (Å²) >= 11 is 0. The lowest BCUT2D eigenvalue weighted by molar-refractivity contribution is -0.137. The van der Waals surface area contributed by atoms with E-state index in [9.17, 15) is 4.79 Å². The van der Waals surface area contributed by atoms with Gasteiger partial charge in [-0.3, -0.25) is 9.69 Å². The first-order valence-electron chi connectivity index (χ1n) is 10.1. The van der Waals surface area contributed by atoms with Crippen molar-refractivity contribution in [2.45, 2.75) is 44.9 Å². The van der Waals surface area contributed by atoms with Gasteiger partial charge in [-0.2, -0.15) is 0 Å². The van der Waals surface area contributed by atoms with Crippen molar-refractivity contribution in [2.75, 3.05) is 46.0 Å². The van der Waals surface area contributed by atoms with E-state index in [-0.39, 0.29) is 18.6 Å². The van der Waals surface area contributed by atoms with Crippen LogP contribution in [0.25, 0.3) is 0 Å². The summed E-state index contributed by atoms with van der Waals surface area (Å²) in [5.74, 6) is 0.854. The van der Waals surface area contributed by atoms with Gasteiger partial charge in [-0.25, -0.2) is 0 Å². The van der Waals surface area contributed by atoms with Gasteiger partial charge in [0, 0.05) is 64.4 Å². The fourth-order valence-electron chi connectivity index (χ4n) is 4.42. The molecule has 0 spiro atoms. The van der Waals surface area contributed by atoms with Gasteiger partial charge in [0.2, 0.25) is 5.91 Å². The zero-order valence-corrected chi connectivity index (χ0v) is 15.6. The standard InChI is InChI=1S/C20H31N3O3/c24-20(22-7-1-2-8-22)16-26-19-14-21(12-17-5-10-25-11-6-17)13-18-4-3-9-23(18)15-19/h3-4,9,17,19H,1-2,5-8,10-16H2/t19-/m0/s1. The minimum absolute atomic E-state index is 0.0649. The topological polar surface area (TPSA) is 46.9 Å². The summed E-state index contributed by atoms with van der Waals surface area (Å²) in [6, 6.07) is 4.31. The van der Waals surface area contributed by atoms with Gasteiger partial charge >= 0.3 is 0 Å². The van der Waals surface area contributed by atoms with Crippen molar-refractivity contribution in [3.63, 3.8) is 0 Å². The lowest BCUT2D eigenvalue weighted by Gasteiger charge is -2.30. The number of carbonyl (C=O) groups is 1. The number of likely N-dealkylation sites (tertiary alicyclic amines) is 1. The monoisotopic (exact) mass is 361 g/mol.